The maximum Gasteiger partial charge on any atom is 0.116 e. The summed E-state index contributed by atoms with van der Waals surface area (Å²) in [4.78, 5) is 17.2. The number of nitrogens with one attached hydrogen (secondary N) is 3. The number of pyridine rings is 2. The van der Waals surface area contributed by atoms with Gasteiger partial charge in [-0.25, -0.2) is 0 Å². The molecule has 7 rings (SSSR count). The Kier molecular flexibility index (Phi) is 3.06. The van der Waals surface area contributed by atoms with Gasteiger partial charge in [0.15, 0.2) is 0 Å². The van der Waals surface area contributed by atoms with E-state index in [2.05, 4.69) is 78.7 Å². The molecule has 30 heavy (non-hydrogen) atoms. The number of nitrogens with zero attached hydrogens (tertiary/aromatic N) is 3. The lowest BCUT2D eigenvalue weighted by Crippen LogP contribution is -1.80. The van der Waals surface area contributed by atoms with Crippen LogP contribution in [0.4, 0.5) is 0 Å². The number of rotatable bonds is 0. The van der Waals surface area contributed by atoms with Gasteiger partial charge < -0.3 is 9.97 Å². The van der Waals surface area contributed by atoms with Crippen LogP contribution in [0.25, 0.3) is 64.2 Å². The highest BCUT2D eigenvalue weighted by molar-refractivity contribution is 7.23. The zero-order valence-corrected chi connectivity index (χ0v) is 16.4. The van der Waals surface area contributed by atoms with Gasteiger partial charge in [-0.2, -0.15) is 5.10 Å². The van der Waals surface area contributed by atoms with Crippen LogP contribution in [-0.2, 0) is 0 Å². The maximum atomic E-state index is 4.63. The summed E-state index contributed by atoms with van der Waals surface area (Å²) in [6.45, 7) is 0. The fourth-order valence-electron chi connectivity index (χ4n) is 4.12. The lowest BCUT2D eigenvalue weighted by molar-refractivity contribution is 1.15. The quantitative estimate of drug-likeness (QED) is 0.290. The molecule has 6 aromatic heterocycles. The minimum atomic E-state index is 0.861. The van der Waals surface area contributed by atoms with Crippen molar-refractivity contribution in [3.8, 4) is 0 Å². The Morgan fingerprint density at radius 1 is 0.767 bits per heavy atom. The summed E-state index contributed by atoms with van der Waals surface area (Å²) in [6.07, 6.45) is 5.51. The zero-order valence-electron chi connectivity index (χ0n) is 15.6. The molecule has 0 aliphatic heterocycles. The van der Waals surface area contributed by atoms with E-state index in [1.165, 1.54) is 15.5 Å². The van der Waals surface area contributed by atoms with Gasteiger partial charge in [-0.15, -0.1) is 11.3 Å². The Hall–Kier alpha value is -3.97. The Labute approximate surface area is 172 Å². The highest BCUT2D eigenvalue weighted by Crippen LogP contribution is 2.31. The summed E-state index contributed by atoms with van der Waals surface area (Å²) in [5.41, 5.74) is 5.67. The Morgan fingerprint density at radius 2 is 1.77 bits per heavy atom. The van der Waals surface area contributed by atoms with Gasteiger partial charge in [-0.3, -0.25) is 15.1 Å². The predicted molar refractivity (Wildman–Crippen MR) is 123 cm³/mol. The highest BCUT2D eigenvalue weighted by atomic mass is 32.1. The lowest BCUT2D eigenvalue weighted by Gasteiger charge is -1.95. The first-order valence-corrected chi connectivity index (χ1v) is 10.4. The van der Waals surface area contributed by atoms with E-state index in [1.54, 1.807) is 11.3 Å². The van der Waals surface area contributed by atoms with Gasteiger partial charge in [0.25, 0.3) is 0 Å². The van der Waals surface area contributed by atoms with Crippen molar-refractivity contribution < 1.29 is 0 Å². The molecule has 0 saturated carbocycles. The Morgan fingerprint density at radius 3 is 2.77 bits per heavy atom. The number of aromatic nitrogens is 6. The standard InChI is InChI=1S/C23H14N6S/c1-2-14-15-7-19(27-17(15)3-1)23-16-8-18(25-11-20(16)28-29-23)12-6-13(10-24-9-12)26-22-5-4-21(14)30-22/h1-11,26-27H,(H,28,29). The molecule has 0 amide bonds. The third-order valence-electron chi connectivity index (χ3n) is 5.54. The molecule has 0 aliphatic carbocycles. The minimum Gasteiger partial charge on any atom is -0.353 e. The maximum absolute atomic E-state index is 4.63. The second kappa shape index (κ2) is 5.77. The minimum absolute atomic E-state index is 0.861. The molecule has 1 aromatic carbocycles. The number of hydrogen-bond donors (Lipinski definition) is 3. The largest absolute Gasteiger partial charge is 0.353 e. The van der Waals surface area contributed by atoms with Gasteiger partial charge in [0.1, 0.15) is 5.52 Å². The van der Waals surface area contributed by atoms with Crippen molar-refractivity contribution in [2.45, 2.75) is 0 Å². The molecule has 0 spiro atoms. The molecule has 0 unspecified atom stereocenters. The van der Waals surface area contributed by atoms with Crippen LogP contribution in [0.2, 0.25) is 0 Å². The van der Waals surface area contributed by atoms with Crippen LogP contribution in [0.1, 0.15) is 0 Å². The third kappa shape index (κ3) is 2.26. The predicted octanol–water partition coefficient (Wildman–Crippen LogP) is 5.96. The number of hydrogen-bond acceptors (Lipinski definition) is 4. The van der Waals surface area contributed by atoms with Crippen molar-refractivity contribution in [1.82, 2.24) is 30.1 Å². The third-order valence-corrected chi connectivity index (χ3v) is 6.57. The van der Waals surface area contributed by atoms with Crippen LogP contribution in [0.3, 0.4) is 0 Å². The summed E-state index contributed by atoms with van der Waals surface area (Å²) in [7, 11) is 0. The van der Waals surface area contributed by atoms with Crippen LogP contribution in [0, 0.1) is 0 Å². The number of fused-ring (bicyclic) bond motifs is 9. The van der Waals surface area contributed by atoms with Crippen LogP contribution in [-0.4, -0.2) is 30.1 Å². The lowest BCUT2D eigenvalue weighted by atomic mass is 10.1. The van der Waals surface area contributed by atoms with Gasteiger partial charge >= 0.3 is 0 Å². The summed E-state index contributed by atoms with van der Waals surface area (Å²) in [5, 5.41) is 12.1. The van der Waals surface area contributed by atoms with E-state index in [9.17, 15) is 0 Å². The molecule has 0 fully saturated rings. The monoisotopic (exact) mass is 406 g/mol. The van der Waals surface area contributed by atoms with Crippen LogP contribution in [0.5, 0.6) is 0 Å². The summed E-state index contributed by atoms with van der Waals surface area (Å²) >= 11 is 1.73. The van der Waals surface area contributed by atoms with Crippen molar-refractivity contribution in [2.75, 3.05) is 0 Å². The molecule has 3 N–H and O–H groups in total. The van der Waals surface area contributed by atoms with Crippen LogP contribution < -0.4 is 0 Å². The SMILES string of the molecule is c1cc2[nH]c3cc2c(c1)c1ccc([nH]c2cncc(c2)c2cc4c(cn2)[nH]nc34)s1. The summed E-state index contributed by atoms with van der Waals surface area (Å²) < 4.78 is 1.21. The first kappa shape index (κ1) is 15.9. The fourth-order valence-corrected chi connectivity index (χ4v) is 5.08. The average Bonchev–Trinajstić information content (AvgIpc) is 3.50. The molecule has 0 saturated heterocycles. The number of H-pyrrole nitrogens is 3. The highest BCUT2D eigenvalue weighted by Gasteiger charge is 2.08. The van der Waals surface area contributed by atoms with Gasteiger partial charge in [0, 0.05) is 38.0 Å². The van der Waals surface area contributed by atoms with Gasteiger partial charge in [0.2, 0.25) is 0 Å². The van der Waals surface area contributed by atoms with E-state index < -0.39 is 0 Å². The number of benzene rings is 1. The Bertz CT molecular complexity index is 1820. The first-order chi connectivity index (χ1) is 14.8. The molecule has 7 heteroatoms. The van der Waals surface area contributed by atoms with Crippen molar-refractivity contribution >= 4 is 75.5 Å². The molecule has 6 nitrogen and oxygen atoms in total. The van der Waals surface area contributed by atoms with E-state index in [-0.39, 0.29) is 0 Å². The first-order valence-electron chi connectivity index (χ1n) is 9.61. The van der Waals surface area contributed by atoms with Crippen LogP contribution in [0.15, 0.2) is 67.1 Å². The van der Waals surface area contributed by atoms with Gasteiger partial charge in [-0.05, 0) is 36.4 Å². The molecule has 8 bridgehead atoms. The molecule has 0 radical (unpaired) electrons. The van der Waals surface area contributed by atoms with E-state index in [4.69, 9.17) is 0 Å². The molecule has 6 heterocycles. The topological polar surface area (TPSA) is 86.0 Å². The summed E-state index contributed by atoms with van der Waals surface area (Å²) in [5.74, 6) is 0. The number of thiophene rings is 1. The number of aromatic amines is 3. The molecule has 0 atom stereocenters. The Balaban J connectivity index is 1.80. The van der Waals surface area contributed by atoms with Crippen molar-refractivity contribution in [3.63, 3.8) is 0 Å². The van der Waals surface area contributed by atoms with Crippen molar-refractivity contribution in [3.05, 3.63) is 67.1 Å². The fraction of sp³-hybridized carbons (Fsp3) is 0. The van der Waals surface area contributed by atoms with Crippen molar-refractivity contribution in [1.29, 1.82) is 0 Å². The van der Waals surface area contributed by atoms with Crippen LogP contribution >= 0.6 is 11.3 Å². The molecular weight excluding hydrogens is 392 g/mol. The second-order valence-corrected chi connectivity index (χ2v) is 8.47. The molecular formula is C23H14N6S. The van der Waals surface area contributed by atoms with Gasteiger partial charge in [-0.1, -0.05) is 12.1 Å². The van der Waals surface area contributed by atoms with Gasteiger partial charge in [0.05, 0.1) is 39.3 Å². The van der Waals surface area contributed by atoms with E-state index >= 15 is 0 Å². The molecule has 0 aliphatic rings. The second-order valence-electron chi connectivity index (χ2n) is 7.39. The van der Waals surface area contributed by atoms with E-state index in [0.29, 0.717) is 0 Å². The normalized spacial score (nSPS) is 12.0. The molecule has 7 aromatic rings. The average molecular weight is 406 g/mol. The zero-order chi connectivity index (χ0) is 19.7. The molecule has 142 valence electrons. The summed E-state index contributed by atoms with van der Waals surface area (Å²) in [6, 6.07) is 17.0. The van der Waals surface area contributed by atoms with Crippen molar-refractivity contribution in [2.24, 2.45) is 0 Å². The van der Waals surface area contributed by atoms with E-state index in [0.717, 1.165) is 48.7 Å². The van der Waals surface area contributed by atoms with E-state index in [1.807, 2.05) is 18.6 Å². The smallest absolute Gasteiger partial charge is 0.116 e.